The zero-order chi connectivity index (χ0) is 11.1. The molecule has 4 nitrogen and oxygen atoms in total. The van der Waals surface area contributed by atoms with E-state index in [0.717, 1.165) is 31.5 Å². The maximum absolute atomic E-state index is 9.73. The zero-order valence-corrected chi connectivity index (χ0v) is 9.64. The quantitative estimate of drug-likeness (QED) is 0.809. The summed E-state index contributed by atoms with van der Waals surface area (Å²) in [5.41, 5.74) is 0. The summed E-state index contributed by atoms with van der Waals surface area (Å²) in [4.78, 5) is 10.6. The summed E-state index contributed by atoms with van der Waals surface area (Å²) in [5, 5.41) is 10.2. The minimum Gasteiger partial charge on any atom is -0.393 e. The molecule has 2 saturated heterocycles. The Hall–Kier alpha value is -0.870. The monoisotopic (exact) mass is 239 g/mol. The number of piperidine rings is 1. The Bertz CT molecular complexity index is 387. The Morgan fingerprint density at radius 1 is 1.19 bits per heavy atom. The van der Waals surface area contributed by atoms with Crippen LogP contribution in [0.3, 0.4) is 0 Å². The zero-order valence-electron chi connectivity index (χ0n) is 8.88. The molecule has 0 aliphatic carbocycles. The average Bonchev–Trinajstić information content (AvgIpc) is 2.53. The van der Waals surface area contributed by atoms with Gasteiger partial charge in [0.1, 0.15) is 0 Å². The van der Waals surface area contributed by atoms with Gasteiger partial charge in [0.15, 0.2) is 11.0 Å². The summed E-state index contributed by atoms with van der Waals surface area (Å²) in [6, 6.07) is 0.755. The molecule has 2 fully saturated rings. The van der Waals surface area contributed by atoms with Crippen LogP contribution in [-0.2, 0) is 0 Å². The lowest BCUT2D eigenvalue weighted by molar-refractivity contribution is 0.126. The van der Waals surface area contributed by atoms with E-state index in [4.69, 9.17) is 11.6 Å². The maximum atomic E-state index is 9.73. The average molecular weight is 240 g/mol. The fraction of sp³-hybridized carbons (Fsp3) is 0.636. The molecule has 16 heavy (non-hydrogen) atoms. The van der Waals surface area contributed by atoms with E-state index in [1.54, 1.807) is 12.4 Å². The molecule has 2 aliphatic heterocycles. The number of anilines is 1. The summed E-state index contributed by atoms with van der Waals surface area (Å²) in [7, 11) is 0. The molecule has 2 bridgehead atoms. The molecule has 0 amide bonds. The van der Waals surface area contributed by atoms with E-state index in [1.165, 1.54) is 0 Å². The molecule has 3 rings (SSSR count). The molecule has 0 radical (unpaired) electrons. The van der Waals surface area contributed by atoms with Gasteiger partial charge in [-0.2, -0.15) is 0 Å². The van der Waals surface area contributed by atoms with Gasteiger partial charge in [0.2, 0.25) is 0 Å². The minimum atomic E-state index is -0.163. The molecule has 3 heterocycles. The van der Waals surface area contributed by atoms with E-state index in [2.05, 4.69) is 14.9 Å². The van der Waals surface area contributed by atoms with Crippen LogP contribution in [-0.4, -0.2) is 33.3 Å². The van der Waals surface area contributed by atoms with Gasteiger partial charge in [0.25, 0.3) is 0 Å². The Labute approximate surface area is 99.3 Å². The molecule has 1 aromatic heterocycles. The minimum absolute atomic E-state index is 0.163. The number of aliphatic hydroxyl groups excluding tert-OH is 1. The van der Waals surface area contributed by atoms with Crippen molar-refractivity contribution in [1.82, 2.24) is 9.97 Å². The third kappa shape index (κ3) is 1.57. The number of nitrogens with zero attached hydrogens (tertiary/aromatic N) is 3. The number of halogens is 1. The number of aliphatic hydroxyl groups is 1. The van der Waals surface area contributed by atoms with Gasteiger partial charge in [-0.3, -0.25) is 0 Å². The third-order valence-electron chi connectivity index (χ3n) is 3.59. The summed E-state index contributed by atoms with van der Waals surface area (Å²) in [5.74, 6) is 0.781. The third-order valence-corrected chi connectivity index (χ3v) is 3.86. The molecule has 1 N–H and O–H groups in total. The van der Waals surface area contributed by atoms with Gasteiger partial charge in [-0.05, 0) is 25.7 Å². The van der Waals surface area contributed by atoms with E-state index in [1.807, 2.05) is 0 Å². The Morgan fingerprint density at radius 3 is 2.44 bits per heavy atom. The smallest absolute Gasteiger partial charge is 0.171 e. The maximum Gasteiger partial charge on any atom is 0.171 e. The van der Waals surface area contributed by atoms with Crippen LogP contribution in [0.4, 0.5) is 5.82 Å². The molecule has 2 unspecified atom stereocenters. The number of fused-ring (bicyclic) bond motifs is 2. The highest BCUT2D eigenvalue weighted by Crippen LogP contribution is 2.40. The van der Waals surface area contributed by atoms with Gasteiger partial charge in [0, 0.05) is 24.5 Å². The van der Waals surface area contributed by atoms with Crippen LogP contribution in [0.5, 0.6) is 0 Å². The highest BCUT2D eigenvalue weighted by molar-refractivity contribution is 6.31. The van der Waals surface area contributed by atoms with E-state index in [0.29, 0.717) is 17.2 Å². The molecule has 2 atom stereocenters. The van der Waals surface area contributed by atoms with Gasteiger partial charge in [-0.1, -0.05) is 11.6 Å². The highest BCUT2D eigenvalue weighted by atomic mass is 35.5. The van der Waals surface area contributed by atoms with E-state index in [-0.39, 0.29) is 6.10 Å². The summed E-state index contributed by atoms with van der Waals surface area (Å²) < 4.78 is 0. The van der Waals surface area contributed by atoms with Crippen molar-refractivity contribution in [3.63, 3.8) is 0 Å². The lowest BCUT2D eigenvalue weighted by Gasteiger charge is -2.38. The van der Waals surface area contributed by atoms with E-state index >= 15 is 0 Å². The van der Waals surface area contributed by atoms with E-state index < -0.39 is 0 Å². The van der Waals surface area contributed by atoms with Crippen molar-refractivity contribution in [2.75, 3.05) is 4.90 Å². The normalized spacial score (nSPS) is 33.1. The van der Waals surface area contributed by atoms with E-state index in [9.17, 15) is 5.11 Å². The van der Waals surface area contributed by atoms with Crippen molar-refractivity contribution in [3.8, 4) is 0 Å². The Balaban J connectivity index is 1.94. The van der Waals surface area contributed by atoms with Crippen molar-refractivity contribution >= 4 is 17.4 Å². The molecule has 0 saturated carbocycles. The van der Waals surface area contributed by atoms with Crippen molar-refractivity contribution in [3.05, 3.63) is 17.5 Å². The van der Waals surface area contributed by atoms with Crippen LogP contribution in [0.25, 0.3) is 0 Å². The van der Waals surface area contributed by atoms with Crippen LogP contribution in [0.15, 0.2) is 12.4 Å². The van der Waals surface area contributed by atoms with Crippen LogP contribution in [0.1, 0.15) is 25.7 Å². The molecule has 0 aromatic carbocycles. The van der Waals surface area contributed by atoms with Crippen molar-refractivity contribution < 1.29 is 5.11 Å². The fourth-order valence-corrected chi connectivity index (χ4v) is 3.18. The lowest BCUT2D eigenvalue weighted by atomic mass is 10.0. The van der Waals surface area contributed by atoms with Gasteiger partial charge in [-0.15, -0.1) is 0 Å². The van der Waals surface area contributed by atoms with Crippen molar-refractivity contribution in [1.29, 1.82) is 0 Å². The lowest BCUT2D eigenvalue weighted by Crippen LogP contribution is -2.45. The first-order valence-electron chi connectivity index (χ1n) is 5.68. The van der Waals surface area contributed by atoms with Crippen LogP contribution in [0.2, 0.25) is 5.15 Å². The first kappa shape index (κ1) is 10.3. The van der Waals surface area contributed by atoms with Crippen molar-refractivity contribution in [2.45, 2.75) is 43.9 Å². The second-order valence-electron chi connectivity index (χ2n) is 4.59. The number of hydrogen-bond donors (Lipinski definition) is 1. The molecule has 86 valence electrons. The Morgan fingerprint density at radius 2 is 1.81 bits per heavy atom. The second-order valence-corrected chi connectivity index (χ2v) is 4.95. The fourth-order valence-electron chi connectivity index (χ4n) is 2.98. The topological polar surface area (TPSA) is 49.2 Å². The second kappa shape index (κ2) is 3.86. The summed E-state index contributed by atoms with van der Waals surface area (Å²) >= 11 is 6.07. The van der Waals surface area contributed by atoms with Crippen LogP contribution in [0, 0.1) is 0 Å². The number of aromatic nitrogens is 2. The largest absolute Gasteiger partial charge is 0.393 e. The predicted molar refractivity (Wildman–Crippen MR) is 61.6 cm³/mol. The first-order valence-corrected chi connectivity index (χ1v) is 6.06. The highest BCUT2D eigenvalue weighted by Gasteiger charge is 2.41. The molecule has 2 aliphatic rings. The SMILES string of the molecule is OC1CC2CCC(C1)N2c1nccnc1Cl. The standard InChI is InChI=1S/C11H14ClN3O/c12-10-11(14-4-3-13-10)15-7-1-2-8(15)6-9(16)5-7/h3-4,7-9,16H,1-2,5-6H2. The summed E-state index contributed by atoms with van der Waals surface area (Å²) in [6.45, 7) is 0. The Kier molecular flexibility index (Phi) is 2.48. The van der Waals surface area contributed by atoms with Gasteiger partial charge >= 0.3 is 0 Å². The van der Waals surface area contributed by atoms with Crippen LogP contribution < -0.4 is 4.90 Å². The molecular formula is C11H14ClN3O. The number of rotatable bonds is 1. The summed E-state index contributed by atoms with van der Waals surface area (Å²) in [6.07, 6.45) is 7.00. The van der Waals surface area contributed by atoms with Gasteiger partial charge < -0.3 is 10.0 Å². The molecule has 5 heteroatoms. The molecular weight excluding hydrogens is 226 g/mol. The van der Waals surface area contributed by atoms with Crippen LogP contribution >= 0.6 is 11.6 Å². The number of hydrogen-bond acceptors (Lipinski definition) is 4. The predicted octanol–water partition coefficient (Wildman–Crippen LogP) is 1.62. The van der Waals surface area contributed by atoms with Gasteiger partial charge in [0.05, 0.1) is 6.10 Å². The molecule has 1 aromatic rings. The van der Waals surface area contributed by atoms with Crippen molar-refractivity contribution in [2.24, 2.45) is 0 Å². The van der Waals surface area contributed by atoms with Gasteiger partial charge in [-0.25, -0.2) is 9.97 Å². The molecule has 0 spiro atoms. The first-order chi connectivity index (χ1) is 7.75.